The minimum Gasteiger partial charge on any atom is -0.398 e. The van der Waals surface area contributed by atoms with Gasteiger partial charge in [0.15, 0.2) is 0 Å². The van der Waals surface area contributed by atoms with E-state index in [9.17, 15) is 22.8 Å². The number of pyridine rings is 3. The summed E-state index contributed by atoms with van der Waals surface area (Å²) in [5, 5.41) is 2.58. The highest BCUT2D eigenvalue weighted by Crippen LogP contribution is 2.24. The molecule has 9 nitrogen and oxygen atoms in total. The average molecular weight is 526 g/mol. The number of nitrogens with zero attached hydrogens (tertiary/aromatic N) is 5. The van der Waals surface area contributed by atoms with Crippen LogP contribution in [-0.4, -0.2) is 56.9 Å². The summed E-state index contributed by atoms with van der Waals surface area (Å²) in [7, 11) is 0. The van der Waals surface area contributed by atoms with Crippen LogP contribution >= 0.6 is 0 Å². The number of amides is 1. The standard InChI is InChI=1S/C26H26F3N7O2/c27-26(28,29)22(14-21(30)18-4-3-9-31-15-18)33-20-6-7-23(32-16-20)34-25(38)19-5-8-24(37)36(17-19)13-12-35-10-1-2-11-35/h3-9,14-17H,1-2,10-13,30H2,(H,32,34,38). The fourth-order valence-corrected chi connectivity index (χ4v) is 3.89. The van der Waals surface area contributed by atoms with Crippen LogP contribution in [-0.2, 0) is 6.54 Å². The molecule has 0 aliphatic carbocycles. The normalized spacial score (nSPS) is 15.0. The first-order valence-corrected chi connectivity index (χ1v) is 11.9. The van der Waals surface area contributed by atoms with Gasteiger partial charge in [0.1, 0.15) is 11.5 Å². The maximum absolute atomic E-state index is 13.6. The van der Waals surface area contributed by atoms with Crippen molar-refractivity contribution in [2.24, 2.45) is 10.7 Å². The molecule has 0 unspecified atom stereocenters. The van der Waals surface area contributed by atoms with E-state index in [4.69, 9.17) is 5.73 Å². The first kappa shape index (κ1) is 26.7. The van der Waals surface area contributed by atoms with E-state index in [1.165, 1.54) is 53.5 Å². The third-order valence-electron chi connectivity index (χ3n) is 5.92. The molecule has 38 heavy (non-hydrogen) atoms. The van der Waals surface area contributed by atoms with Crippen molar-refractivity contribution in [3.8, 4) is 0 Å². The van der Waals surface area contributed by atoms with Crippen LogP contribution in [0.5, 0.6) is 0 Å². The lowest BCUT2D eigenvalue weighted by molar-refractivity contribution is -0.0576. The van der Waals surface area contributed by atoms with Crippen molar-refractivity contribution in [2.45, 2.75) is 25.6 Å². The van der Waals surface area contributed by atoms with Crippen molar-refractivity contribution >= 4 is 28.8 Å². The molecule has 4 rings (SSSR count). The van der Waals surface area contributed by atoms with Gasteiger partial charge in [-0.15, -0.1) is 0 Å². The molecule has 3 aromatic heterocycles. The van der Waals surface area contributed by atoms with Crippen molar-refractivity contribution in [1.82, 2.24) is 19.4 Å². The van der Waals surface area contributed by atoms with E-state index in [1.54, 1.807) is 6.07 Å². The van der Waals surface area contributed by atoms with Crippen LogP contribution in [0, 0.1) is 0 Å². The number of aromatic nitrogens is 3. The molecule has 1 aliphatic heterocycles. The van der Waals surface area contributed by atoms with Crippen molar-refractivity contribution in [3.05, 3.63) is 88.7 Å². The molecule has 0 saturated carbocycles. The Hall–Kier alpha value is -4.32. The number of hydrogen-bond acceptors (Lipinski definition) is 7. The first-order chi connectivity index (χ1) is 18.2. The lowest BCUT2D eigenvalue weighted by Gasteiger charge is -2.15. The van der Waals surface area contributed by atoms with E-state index in [1.807, 2.05) is 0 Å². The Kier molecular flexibility index (Phi) is 8.31. The SMILES string of the molecule is NC(=CC(=Nc1ccc(NC(=O)c2ccc(=O)n(CCN3CCCC3)c2)nc1)C(F)(F)F)c1cccnc1. The monoisotopic (exact) mass is 525 g/mol. The van der Waals surface area contributed by atoms with Crippen molar-refractivity contribution in [1.29, 1.82) is 0 Å². The summed E-state index contributed by atoms with van der Waals surface area (Å²) in [6.45, 7) is 3.18. The van der Waals surface area contributed by atoms with E-state index >= 15 is 0 Å². The molecule has 1 saturated heterocycles. The van der Waals surface area contributed by atoms with E-state index in [0.29, 0.717) is 12.1 Å². The van der Waals surface area contributed by atoms with E-state index in [0.717, 1.165) is 44.7 Å². The number of likely N-dealkylation sites (tertiary alicyclic amines) is 1. The predicted molar refractivity (Wildman–Crippen MR) is 138 cm³/mol. The molecule has 0 bridgehead atoms. The maximum atomic E-state index is 13.6. The summed E-state index contributed by atoms with van der Waals surface area (Å²) >= 11 is 0. The van der Waals surface area contributed by atoms with Crippen LogP contribution < -0.4 is 16.6 Å². The van der Waals surface area contributed by atoms with E-state index < -0.39 is 17.8 Å². The van der Waals surface area contributed by atoms with Gasteiger partial charge in [0.25, 0.3) is 11.5 Å². The minimum atomic E-state index is -4.77. The largest absolute Gasteiger partial charge is 0.433 e. The van der Waals surface area contributed by atoms with Crippen LogP contribution in [0.25, 0.3) is 5.70 Å². The lowest BCUT2D eigenvalue weighted by atomic mass is 10.1. The van der Waals surface area contributed by atoms with Crippen LogP contribution in [0.2, 0.25) is 0 Å². The molecule has 198 valence electrons. The smallest absolute Gasteiger partial charge is 0.398 e. The molecule has 1 aliphatic rings. The van der Waals surface area contributed by atoms with E-state index in [-0.39, 0.29) is 28.3 Å². The molecule has 0 radical (unpaired) electrons. The topological polar surface area (TPSA) is 118 Å². The van der Waals surface area contributed by atoms with Gasteiger partial charge in [-0.05, 0) is 62.3 Å². The van der Waals surface area contributed by atoms with E-state index in [2.05, 4.69) is 25.2 Å². The lowest BCUT2D eigenvalue weighted by Crippen LogP contribution is -2.29. The third-order valence-corrected chi connectivity index (χ3v) is 5.92. The Labute approximate surface area is 216 Å². The molecule has 3 aromatic rings. The van der Waals surface area contributed by atoms with Gasteiger partial charge >= 0.3 is 6.18 Å². The molecule has 1 fully saturated rings. The van der Waals surface area contributed by atoms with Crippen molar-refractivity contribution < 1.29 is 18.0 Å². The molecule has 4 heterocycles. The maximum Gasteiger partial charge on any atom is 0.433 e. The van der Waals surface area contributed by atoms with Crippen molar-refractivity contribution in [3.63, 3.8) is 0 Å². The number of halogens is 3. The Morgan fingerprint density at radius 3 is 2.53 bits per heavy atom. The number of alkyl halides is 3. The summed E-state index contributed by atoms with van der Waals surface area (Å²) in [5.41, 5.74) is 4.73. The van der Waals surface area contributed by atoms with Gasteiger partial charge in [-0.25, -0.2) is 9.98 Å². The highest BCUT2D eigenvalue weighted by Gasteiger charge is 2.34. The molecule has 0 atom stereocenters. The van der Waals surface area contributed by atoms with Gasteiger partial charge < -0.3 is 20.5 Å². The number of anilines is 1. The number of carbonyl (C=O) groups is 1. The third kappa shape index (κ3) is 7.13. The van der Waals surface area contributed by atoms with Crippen LogP contribution in [0.3, 0.4) is 0 Å². The zero-order chi connectivity index (χ0) is 27.1. The fourth-order valence-electron chi connectivity index (χ4n) is 3.89. The second-order valence-electron chi connectivity index (χ2n) is 8.69. The average Bonchev–Trinajstić information content (AvgIpc) is 3.42. The summed E-state index contributed by atoms with van der Waals surface area (Å²) in [5.74, 6) is -0.394. The first-order valence-electron chi connectivity index (χ1n) is 11.9. The number of carbonyl (C=O) groups excluding carboxylic acids is 1. The van der Waals surface area contributed by atoms with Gasteiger partial charge in [0.05, 0.1) is 17.4 Å². The minimum absolute atomic E-state index is 0.0824. The van der Waals surface area contributed by atoms with Gasteiger partial charge in [-0.1, -0.05) is 0 Å². The molecule has 1 amide bonds. The zero-order valence-electron chi connectivity index (χ0n) is 20.4. The number of nitrogens with two attached hydrogens (primary N) is 1. The summed E-state index contributed by atoms with van der Waals surface area (Å²) in [4.78, 5) is 38.7. The molecule has 12 heteroatoms. The molecule has 0 spiro atoms. The van der Waals surface area contributed by atoms with Gasteiger partial charge in [0, 0.05) is 49.0 Å². The molecular formula is C26H26F3N7O2. The van der Waals surface area contributed by atoms with Crippen molar-refractivity contribution in [2.75, 3.05) is 25.0 Å². The Morgan fingerprint density at radius 2 is 1.87 bits per heavy atom. The molecular weight excluding hydrogens is 499 g/mol. The highest BCUT2D eigenvalue weighted by atomic mass is 19.4. The Bertz CT molecular complexity index is 1380. The number of allylic oxidation sites excluding steroid dienone is 1. The summed E-state index contributed by atoms with van der Waals surface area (Å²) < 4.78 is 42.2. The van der Waals surface area contributed by atoms with Crippen LogP contribution in [0.1, 0.15) is 28.8 Å². The van der Waals surface area contributed by atoms with Crippen LogP contribution in [0.15, 0.2) is 77.0 Å². The quantitative estimate of drug-likeness (QED) is 0.434. The number of rotatable bonds is 8. The number of aliphatic imine (C=N–C) groups is 1. The predicted octanol–water partition coefficient (Wildman–Crippen LogP) is 3.62. The second-order valence-corrected chi connectivity index (χ2v) is 8.69. The van der Waals surface area contributed by atoms with Gasteiger partial charge in [0.2, 0.25) is 0 Å². The van der Waals surface area contributed by atoms with Gasteiger partial charge in [-0.3, -0.25) is 14.6 Å². The second kappa shape index (κ2) is 11.8. The number of nitrogens with one attached hydrogen (secondary N) is 1. The molecule has 0 aromatic carbocycles. The molecule has 3 N–H and O–H groups in total. The number of hydrogen-bond donors (Lipinski definition) is 2. The zero-order valence-corrected chi connectivity index (χ0v) is 20.4. The Balaban J connectivity index is 1.46. The summed E-state index contributed by atoms with van der Waals surface area (Å²) in [6, 6.07) is 8.46. The van der Waals surface area contributed by atoms with Crippen LogP contribution in [0.4, 0.5) is 24.7 Å². The van der Waals surface area contributed by atoms with Gasteiger partial charge in [-0.2, -0.15) is 13.2 Å². The fraction of sp³-hybridized carbons (Fsp3) is 0.269. The summed E-state index contributed by atoms with van der Waals surface area (Å²) in [6.07, 6.45) is 3.66. The Morgan fingerprint density at radius 1 is 1.08 bits per heavy atom. The highest BCUT2D eigenvalue weighted by molar-refractivity contribution is 6.05.